The van der Waals surface area contributed by atoms with E-state index in [0.29, 0.717) is 5.56 Å². The van der Waals surface area contributed by atoms with Crippen molar-refractivity contribution in [2.45, 2.75) is 143 Å². The Morgan fingerprint density at radius 1 is 0.598 bits per heavy atom. The van der Waals surface area contributed by atoms with E-state index < -0.39 is 240 Å². The molecule has 4 bridgehead atoms. The van der Waals surface area contributed by atoms with Crippen LogP contribution < -0.4 is 69.5 Å². The van der Waals surface area contributed by atoms with Crippen LogP contribution in [0.5, 0.6) is 11.5 Å². The van der Waals surface area contributed by atoms with Crippen molar-refractivity contribution < 1.29 is 102 Å². The Bertz CT molecular complexity index is 3460. The Morgan fingerprint density at radius 3 is 1.64 bits per heavy atom. The van der Waals surface area contributed by atoms with Crippen LogP contribution in [0.25, 0.3) is 0 Å². The lowest BCUT2D eigenvalue weighted by Crippen LogP contribution is -2.61. The molecule has 2 aromatic carbocycles. The van der Waals surface area contributed by atoms with Crippen LogP contribution in [-0.4, -0.2) is 264 Å². The van der Waals surface area contributed by atoms with Gasteiger partial charge in [0.2, 0.25) is 82.7 Å². The molecule has 36 nitrogen and oxygen atoms in total. The first-order chi connectivity index (χ1) is 48.4. The molecule has 14 atom stereocenters. The molecule has 2 aromatic rings. The van der Waals surface area contributed by atoms with E-state index >= 15 is 9.59 Å². The van der Waals surface area contributed by atoms with Crippen LogP contribution in [0.4, 0.5) is 0 Å². The molecule has 14 amide bonds. The van der Waals surface area contributed by atoms with Gasteiger partial charge in [-0.3, -0.25) is 76.9 Å². The molecule has 42 heteroatoms. The lowest BCUT2D eigenvalue weighted by Gasteiger charge is -2.30. The third-order valence-corrected chi connectivity index (χ3v) is 23.0. The first kappa shape index (κ1) is 82.2. The molecule has 0 aliphatic carbocycles. The fraction of sp³-hybridized carbons (Fsp3) is 0.517. The zero-order valence-electron chi connectivity index (χ0n) is 54.7. The number of nitrogens with two attached hydrogens (primary N) is 1. The van der Waals surface area contributed by atoms with Crippen LogP contribution in [0.1, 0.15) is 57.1 Å². The Morgan fingerprint density at radius 2 is 1.09 bits per heavy atom. The van der Waals surface area contributed by atoms with Gasteiger partial charge in [-0.05, 0) is 75.2 Å². The van der Waals surface area contributed by atoms with Crippen molar-refractivity contribution in [3.63, 3.8) is 0 Å². The second-order valence-corrected chi connectivity index (χ2v) is 31.2. The zero-order chi connectivity index (χ0) is 74.9. The number of phenolic OH excluding ortho intramolecular Hbond substituents is 2. The topological polar surface area (TPSA) is 560 Å². The number of rotatable bonds is 14. The Kier molecular flexibility index (Phi) is 32.4. The number of nitrogens with zero attached hydrogens (tertiary/aromatic N) is 2. The minimum Gasteiger partial charge on any atom is -0.508 e. The number of aromatic hydroxyl groups is 2. The summed E-state index contributed by atoms with van der Waals surface area (Å²) < 4.78 is 0. The van der Waals surface area contributed by atoms with Crippen LogP contribution in [0.15, 0.2) is 53.5 Å². The molecular weight excluding hydrogens is 1460 g/mol. The van der Waals surface area contributed by atoms with Gasteiger partial charge in [-0.2, -0.15) is 0 Å². The third-order valence-electron chi connectivity index (χ3n) is 15.7. The van der Waals surface area contributed by atoms with Crippen molar-refractivity contribution in [3.05, 3.63) is 59.7 Å². The highest BCUT2D eigenvalue weighted by atomic mass is 33.1. The first-order valence-corrected chi connectivity index (χ1v) is 38.9. The molecule has 4 aliphatic rings. The summed E-state index contributed by atoms with van der Waals surface area (Å²) in [5.41, 5.74) is 6.26. The molecule has 0 spiro atoms. The summed E-state index contributed by atoms with van der Waals surface area (Å²) in [6.45, 7) is 4.70. The molecule has 6 rings (SSSR count). The van der Waals surface area contributed by atoms with Crippen molar-refractivity contribution in [1.82, 2.24) is 68.7 Å². The molecule has 4 heterocycles. The van der Waals surface area contributed by atoms with Gasteiger partial charge in [0.1, 0.15) is 90.0 Å². The summed E-state index contributed by atoms with van der Waals surface area (Å²) in [6, 6.07) is -11.7. The summed E-state index contributed by atoms with van der Waals surface area (Å²) in [5, 5.41) is 80.6. The highest BCUT2D eigenvalue weighted by Crippen LogP contribution is 2.28. The number of nitrogens with one attached hydrogen (secondary N) is 12. The van der Waals surface area contributed by atoms with Gasteiger partial charge < -0.3 is 100.0 Å². The summed E-state index contributed by atoms with van der Waals surface area (Å²) in [7, 11) is 4.77. The second kappa shape index (κ2) is 40.2. The van der Waals surface area contributed by atoms with Crippen LogP contribution in [0.3, 0.4) is 0 Å². The number of carboxylic acids is 2. The van der Waals surface area contributed by atoms with Crippen LogP contribution in [-0.2, 0) is 89.6 Å². The average Bonchev–Trinajstić information content (AvgIpc) is 1.64. The lowest BCUT2D eigenvalue weighted by atomic mass is 10.0. The highest BCUT2D eigenvalue weighted by molar-refractivity contribution is 8.77. The van der Waals surface area contributed by atoms with Gasteiger partial charge >= 0.3 is 11.9 Å². The number of fused-ring (bicyclic) bond motifs is 20. The largest absolute Gasteiger partial charge is 0.508 e. The number of amides is 14. The summed E-state index contributed by atoms with van der Waals surface area (Å²) in [6.07, 6.45) is -4.73. The second-order valence-electron chi connectivity index (χ2n) is 23.6. The lowest BCUT2D eigenvalue weighted by molar-refractivity contribution is -0.143. The monoisotopic (exact) mass is 1540 g/mol. The number of aliphatic hydroxyl groups is 1. The number of phenols is 2. The van der Waals surface area contributed by atoms with Gasteiger partial charge in [-0.1, -0.05) is 89.0 Å². The Balaban J connectivity index is 1.57. The number of aliphatic hydroxyl groups excluding tert-OH is 1. The van der Waals surface area contributed by atoms with E-state index in [1.54, 1.807) is 0 Å². The molecule has 4 saturated heterocycles. The molecule has 102 heavy (non-hydrogen) atoms. The molecule has 0 unspecified atom stereocenters. The standard InChI is InChI=1S/C60H79N15O21S6/c1-27-48(83)70-42-26-102-101-23-39-53(88)66-33(14-15-46(81)82)49(84)67-34(17-29-6-10-31(77)11-7-29)50(85)71-41(55(90)73-40(24-99-97-21-37(62-3)51(86)72-39)54(89)68-35(19-44(61)79)59(94)75-16-4-5-43(75)57(92)64-27)25-100-98-22-38(65-45(80)20-63-58(93)47(28(2)76)74-56(42)91)52(87)69-36(60(95)96)18-30-8-12-32(78)13-9-30/h6-13,27-28,33-43,47,76-78H,3-5,14-26H2,1-2H3,(H2,61,79)(H,63,93)(H,64,92)(H,65,80)(H,66,88)(H,67,84)(H,68,89)(H,69,87)(H,70,83)(H,71,85)(H,72,86)(H,73,90)(H,74,91)(H,81,82)(H,95,96)/t27-,28+,33-,34-,35-,36-,37-,38-,39-,40-,41-,42-,43-,47-/m0/s1. The molecule has 0 aromatic heterocycles. The quantitative estimate of drug-likeness (QED) is 0.0478. The van der Waals surface area contributed by atoms with Crippen molar-refractivity contribution in [1.29, 1.82) is 0 Å². The highest BCUT2D eigenvalue weighted by Gasteiger charge is 2.42. The number of primary amides is 1. The van der Waals surface area contributed by atoms with E-state index in [-0.39, 0.29) is 48.6 Å². The maximum Gasteiger partial charge on any atom is 0.326 e. The first-order valence-electron chi connectivity index (χ1n) is 31.5. The van der Waals surface area contributed by atoms with Gasteiger partial charge in [-0.15, -0.1) is 0 Å². The van der Waals surface area contributed by atoms with Crippen molar-refractivity contribution >= 4 is 166 Å². The van der Waals surface area contributed by atoms with Crippen molar-refractivity contribution in [2.24, 2.45) is 10.7 Å². The molecule has 0 radical (unpaired) electrons. The maximum atomic E-state index is 15.2. The maximum absolute atomic E-state index is 15.2. The zero-order valence-corrected chi connectivity index (χ0v) is 59.6. The number of benzene rings is 2. The molecule has 19 N–H and O–H groups in total. The SMILES string of the molecule is C=N[C@H]1CSSC[C@@H]2NC(=O)[C@@H]3CSSC[C@@H](C(=O)N[C@@H](Cc4ccc(O)cc4)C(=O)O)NC(=O)CNC(=O)[C@H]([C@@H](C)O)NC(=O)[C@H](CSSC[C@H](NC1=O)C(=O)N[C@@H](CCC(=O)O)C(=O)N[C@@H](Cc1ccc(O)cc1)C(=O)N3)NC(=O)[C@H](C)NC(=O)[C@@H]1CCCN1C(=O)[C@H](CC(N)=O)NC2=O. The van der Waals surface area contributed by atoms with Crippen molar-refractivity contribution in [3.8, 4) is 11.5 Å². The summed E-state index contributed by atoms with van der Waals surface area (Å²) in [4.78, 5) is 231. The average molecular weight is 1540 g/mol. The van der Waals surface area contributed by atoms with Crippen LogP contribution in [0.2, 0.25) is 0 Å². The number of carbonyl (C=O) groups is 16. The number of hydrogen-bond acceptors (Lipinski definition) is 26. The fourth-order valence-corrected chi connectivity index (χ4v) is 17.1. The number of carbonyl (C=O) groups excluding carboxylic acids is 14. The van der Waals surface area contributed by atoms with E-state index in [1.165, 1.54) is 55.5 Å². The Hall–Kier alpha value is -8.71. The molecular formula is C60H79N15O21S6. The number of carboxylic acid groups (broad SMARTS) is 2. The van der Waals surface area contributed by atoms with Gasteiger partial charge in [0.15, 0.2) is 0 Å². The minimum atomic E-state index is -1.93. The van der Waals surface area contributed by atoms with Gasteiger partial charge in [-0.25, -0.2) is 4.79 Å². The van der Waals surface area contributed by atoms with E-state index in [1.807, 2.05) is 0 Å². The van der Waals surface area contributed by atoms with E-state index in [2.05, 4.69) is 75.5 Å². The molecule has 556 valence electrons. The molecule has 4 aliphatic heterocycles. The molecule has 4 fully saturated rings. The number of hydrogen-bond donors (Lipinski definition) is 18. The van der Waals surface area contributed by atoms with E-state index in [9.17, 15) is 92.7 Å². The predicted octanol–water partition coefficient (Wildman–Crippen LogP) is -5.20. The van der Waals surface area contributed by atoms with Crippen LogP contribution >= 0.6 is 64.8 Å². The van der Waals surface area contributed by atoms with E-state index in [0.717, 1.165) is 76.6 Å². The van der Waals surface area contributed by atoms with E-state index in [4.69, 9.17) is 5.73 Å². The Labute approximate surface area is 606 Å². The van der Waals surface area contributed by atoms with Gasteiger partial charge in [0.25, 0.3) is 0 Å². The normalized spacial score (nSPS) is 27.1. The van der Waals surface area contributed by atoms with Gasteiger partial charge in [0.05, 0.1) is 19.1 Å². The summed E-state index contributed by atoms with van der Waals surface area (Å²) >= 11 is 0. The van der Waals surface area contributed by atoms with Crippen molar-refractivity contribution in [2.75, 3.05) is 47.6 Å². The van der Waals surface area contributed by atoms with Crippen LogP contribution in [0, 0.1) is 0 Å². The minimum absolute atomic E-state index is 0.0109. The smallest absolute Gasteiger partial charge is 0.326 e. The number of aliphatic carboxylic acids is 2. The third kappa shape index (κ3) is 25.7. The molecule has 0 saturated carbocycles. The summed E-state index contributed by atoms with van der Waals surface area (Å²) in [5.74, 6) is -21.7. The number of aliphatic imine (C=N–C) groups is 1. The predicted molar refractivity (Wildman–Crippen MR) is 376 cm³/mol. The van der Waals surface area contributed by atoms with Gasteiger partial charge in [0, 0.05) is 60.3 Å². The fourth-order valence-electron chi connectivity index (χ4n) is 10.2.